The molecule has 1 aliphatic carbocycles. The van der Waals surface area contributed by atoms with Crippen LogP contribution in [0.2, 0.25) is 0 Å². The number of rotatable bonds is 7. The lowest BCUT2D eigenvalue weighted by Gasteiger charge is -2.14. The molecule has 1 aromatic carbocycles. The van der Waals surface area contributed by atoms with Crippen LogP contribution in [0.3, 0.4) is 0 Å². The predicted molar refractivity (Wildman–Crippen MR) is 84.6 cm³/mol. The van der Waals surface area contributed by atoms with Gasteiger partial charge in [0.2, 0.25) is 0 Å². The normalized spacial score (nSPS) is 15.1. The maximum absolute atomic E-state index is 12.5. The molecule has 0 N–H and O–H groups in total. The van der Waals surface area contributed by atoms with Crippen LogP contribution in [0.5, 0.6) is 5.75 Å². The molecule has 1 saturated carbocycles. The Balaban J connectivity index is 1.77. The van der Waals surface area contributed by atoms with Crippen LogP contribution in [-0.2, 0) is 21.3 Å². The Morgan fingerprint density at radius 2 is 2.00 bits per heavy atom. The average molecular weight is 336 g/mol. The molecule has 1 aromatic heterocycles. The Morgan fingerprint density at radius 1 is 1.26 bits per heavy atom. The standard InChI is InChI=1S/C15H20N4O3S/c1-11(2)22-14-6-4-3-5-12(14)9-23(20,21)10-15-16-17-18-19(15)13-7-8-13/h3-6,11,13H,7-10H2,1-2H3. The second kappa shape index (κ2) is 6.27. The van der Waals surface area contributed by atoms with Gasteiger partial charge in [-0.25, -0.2) is 13.1 Å². The van der Waals surface area contributed by atoms with E-state index in [2.05, 4.69) is 15.5 Å². The molecule has 7 nitrogen and oxygen atoms in total. The number of para-hydroxylation sites is 1. The fraction of sp³-hybridized carbons (Fsp3) is 0.533. The highest BCUT2D eigenvalue weighted by Gasteiger charge is 2.29. The molecule has 0 spiro atoms. The number of aromatic nitrogens is 4. The summed E-state index contributed by atoms with van der Waals surface area (Å²) in [6.45, 7) is 3.82. The van der Waals surface area contributed by atoms with Gasteiger partial charge in [0, 0.05) is 5.56 Å². The molecule has 0 radical (unpaired) electrons. The van der Waals surface area contributed by atoms with E-state index < -0.39 is 9.84 Å². The SMILES string of the molecule is CC(C)Oc1ccccc1CS(=O)(=O)Cc1nnnn1C1CC1. The number of sulfone groups is 1. The second-order valence-electron chi connectivity index (χ2n) is 6.08. The predicted octanol–water partition coefficient (Wildman–Crippen LogP) is 1.91. The van der Waals surface area contributed by atoms with Gasteiger partial charge in [0.05, 0.1) is 17.9 Å². The lowest BCUT2D eigenvalue weighted by molar-refractivity contribution is 0.240. The molecule has 124 valence electrons. The van der Waals surface area contributed by atoms with Crippen LogP contribution in [-0.4, -0.2) is 34.7 Å². The smallest absolute Gasteiger partial charge is 0.166 e. The van der Waals surface area contributed by atoms with Gasteiger partial charge in [0.1, 0.15) is 11.5 Å². The summed E-state index contributed by atoms with van der Waals surface area (Å²) in [6, 6.07) is 7.47. The van der Waals surface area contributed by atoms with Crippen LogP contribution in [0.25, 0.3) is 0 Å². The minimum Gasteiger partial charge on any atom is -0.491 e. The van der Waals surface area contributed by atoms with E-state index in [1.165, 1.54) is 0 Å². The van der Waals surface area contributed by atoms with Gasteiger partial charge in [-0.2, -0.15) is 0 Å². The minimum absolute atomic E-state index is 0.0129. The Kier molecular flexibility index (Phi) is 4.34. The van der Waals surface area contributed by atoms with E-state index >= 15 is 0 Å². The molecule has 0 aliphatic heterocycles. The maximum Gasteiger partial charge on any atom is 0.166 e. The van der Waals surface area contributed by atoms with Crippen molar-refractivity contribution in [3.63, 3.8) is 0 Å². The van der Waals surface area contributed by atoms with Crippen molar-refractivity contribution in [3.8, 4) is 5.75 Å². The molecule has 8 heteroatoms. The summed E-state index contributed by atoms with van der Waals surface area (Å²) in [6.07, 6.45) is 1.99. The molecule has 0 saturated heterocycles. The molecule has 23 heavy (non-hydrogen) atoms. The fourth-order valence-corrected chi connectivity index (χ4v) is 3.78. The second-order valence-corrected chi connectivity index (χ2v) is 8.14. The number of tetrazole rings is 1. The highest BCUT2D eigenvalue weighted by molar-refractivity contribution is 7.89. The van der Waals surface area contributed by atoms with E-state index in [0.29, 0.717) is 17.1 Å². The van der Waals surface area contributed by atoms with Crippen molar-refractivity contribution in [1.82, 2.24) is 20.2 Å². The van der Waals surface area contributed by atoms with Gasteiger partial charge in [-0.05, 0) is 43.2 Å². The molecule has 0 amide bonds. The maximum atomic E-state index is 12.5. The van der Waals surface area contributed by atoms with E-state index in [1.54, 1.807) is 16.8 Å². The zero-order valence-electron chi connectivity index (χ0n) is 13.2. The van der Waals surface area contributed by atoms with Gasteiger partial charge in [-0.3, -0.25) is 0 Å². The minimum atomic E-state index is -3.39. The van der Waals surface area contributed by atoms with Crippen molar-refractivity contribution in [2.75, 3.05) is 0 Å². The molecule has 0 bridgehead atoms. The summed E-state index contributed by atoms with van der Waals surface area (Å²) < 4.78 is 32.4. The number of ether oxygens (including phenoxy) is 1. The third kappa shape index (κ3) is 4.07. The Labute approximate surface area is 135 Å². The molecule has 3 rings (SSSR count). The summed E-state index contributed by atoms with van der Waals surface area (Å²) in [5, 5.41) is 11.4. The van der Waals surface area contributed by atoms with Gasteiger partial charge in [-0.1, -0.05) is 18.2 Å². The first kappa shape index (κ1) is 15.9. The highest BCUT2D eigenvalue weighted by Crippen LogP contribution is 2.34. The van der Waals surface area contributed by atoms with Crippen LogP contribution < -0.4 is 4.74 Å². The monoisotopic (exact) mass is 336 g/mol. The fourth-order valence-electron chi connectivity index (χ4n) is 2.39. The molecular formula is C15H20N4O3S. The molecule has 1 aliphatic rings. The van der Waals surface area contributed by atoms with E-state index in [-0.39, 0.29) is 23.7 Å². The molecule has 2 aromatic rings. The third-order valence-corrected chi connectivity index (χ3v) is 4.96. The number of hydrogen-bond donors (Lipinski definition) is 0. The van der Waals surface area contributed by atoms with Crippen molar-refractivity contribution in [3.05, 3.63) is 35.7 Å². The van der Waals surface area contributed by atoms with Gasteiger partial charge < -0.3 is 4.74 Å². The van der Waals surface area contributed by atoms with Crippen molar-refractivity contribution >= 4 is 9.84 Å². The quantitative estimate of drug-likeness (QED) is 0.767. The van der Waals surface area contributed by atoms with Crippen LogP contribution in [0.1, 0.15) is 44.1 Å². The van der Waals surface area contributed by atoms with Crippen LogP contribution in [0.4, 0.5) is 0 Å². The van der Waals surface area contributed by atoms with Crippen molar-refractivity contribution in [1.29, 1.82) is 0 Å². The van der Waals surface area contributed by atoms with Crippen LogP contribution >= 0.6 is 0 Å². The van der Waals surface area contributed by atoms with Gasteiger partial charge in [-0.15, -0.1) is 5.10 Å². The first-order valence-electron chi connectivity index (χ1n) is 7.66. The Bertz CT molecular complexity index is 782. The summed E-state index contributed by atoms with van der Waals surface area (Å²) >= 11 is 0. The van der Waals surface area contributed by atoms with E-state index in [1.807, 2.05) is 26.0 Å². The third-order valence-electron chi connectivity index (χ3n) is 3.51. The van der Waals surface area contributed by atoms with Crippen molar-refractivity contribution < 1.29 is 13.2 Å². The summed E-state index contributed by atoms with van der Waals surface area (Å²) in [5.41, 5.74) is 0.659. The molecule has 0 unspecified atom stereocenters. The first-order chi connectivity index (χ1) is 10.9. The topological polar surface area (TPSA) is 87.0 Å². The zero-order valence-corrected chi connectivity index (χ0v) is 14.0. The Hall–Kier alpha value is -1.96. The van der Waals surface area contributed by atoms with Crippen molar-refractivity contribution in [2.45, 2.75) is 50.3 Å². The number of hydrogen-bond acceptors (Lipinski definition) is 6. The highest BCUT2D eigenvalue weighted by atomic mass is 32.2. The zero-order chi connectivity index (χ0) is 16.4. The van der Waals surface area contributed by atoms with Gasteiger partial charge >= 0.3 is 0 Å². The number of nitrogens with zero attached hydrogens (tertiary/aromatic N) is 4. The summed E-state index contributed by atoms with van der Waals surface area (Å²) in [4.78, 5) is 0. The summed E-state index contributed by atoms with van der Waals surface area (Å²) in [7, 11) is -3.39. The molecular weight excluding hydrogens is 316 g/mol. The Morgan fingerprint density at radius 3 is 2.70 bits per heavy atom. The van der Waals surface area contributed by atoms with E-state index in [4.69, 9.17) is 4.74 Å². The number of benzene rings is 1. The van der Waals surface area contributed by atoms with Gasteiger partial charge in [0.25, 0.3) is 0 Å². The van der Waals surface area contributed by atoms with Crippen molar-refractivity contribution in [2.24, 2.45) is 0 Å². The summed E-state index contributed by atoms with van der Waals surface area (Å²) in [5.74, 6) is 0.766. The molecule has 1 fully saturated rings. The molecule has 1 heterocycles. The lowest BCUT2D eigenvalue weighted by Crippen LogP contribution is -2.14. The average Bonchev–Trinajstić information content (AvgIpc) is 3.21. The van der Waals surface area contributed by atoms with Crippen LogP contribution in [0, 0.1) is 0 Å². The first-order valence-corrected chi connectivity index (χ1v) is 9.48. The van der Waals surface area contributed by atoms with Crippen LogP contribution in [0.15, 0.2) is 24.3 Å². The van der Waals surface area contributed by atoms with E-state index in [9.17, 15) is 8.42 Å². The van der Waals surface area contributed by atoms with Gasteiger partial charge in [0.15, 0.2) is 15.7 Å². The largest absolute Gasteiger partial charge is 0.491 e. The van der Waals surface area contributed by atoms with E-state index in [0.717, 1.165) is 12.8 Å². The lowest BCUT2D eigenvalue weighted by atomic mass is 10.2. The molecule has 0 atom stereocenters.